The topological polar surface area (TPSA) is 35.2 Å². The highest BCUT2D eigenvalue weighted by Crippen LogP contribution is 2.05. The van der Waals surface area contributed by atoms with Gasteiger partial charge in [-0.1, -0.05) is 12.1 Å². The number of rotatable bonds is 3. The second-order valence-electron chi connectivity index (χ2n) is 5.08. The summed E-state index contributed by atoms with van der Waals surface area (Å²) >= 11 is 0. The van der Waals surface area contributed by atoms with Crippen LogP contribution in [0.5, 0.6) is 0 Å². The molecule has 2 N–H and O–H groups in total. The summed E-state index contributed by atoms with van der Waals surface area (Å²) in [6.07, 6.45) is 0. The van der Waals surface area contributed by atoms with Crippen LogP contribution in [0.4, 0.5) is 0 Å². The molecule has 0 radical (unpaired) electrons. The number of ether oxygens (including phenoxy) is 1. The minimum atomic E-state index is -0.255. The van der Waals surface area contributed by atoms with Crippen molar-refractivity contribution in [3.63, 3.8) is 0 Å². The van der Waals surface area contributed by atoms with Gasteiger partial charge in [0.2, 0.25) is 0 Å². The number of carbonyl (C=O) groups is 1. The van der Waals surface area contributed by atoms with E-state index in [1.165, 1.54) is 38.9 Å². The average molecular weight is 250 g/mol. The third-order valence-electron chi connectivity index (χ3n) is 3.61. The van der Waals surface area contributed by atoms with Crippen LogP contribution in [0.2, 0.25) is 0 Å². The Balaban J connectivity index is 1.99. The molecule has 4 nitrogen and oxygen atoms in total. The van der Waals surface area contributed by atoms with Crippen molar-refractivity contribution in [3.8, 4) is 0 Å². The Kier molecular flexibility index (Phi) is 4.33. The highest BCUT2D eigenvalue weighted by molar-refractivity contribution is 5.89. The molecule has 1 aliphatic heterocycles. The molecule has 1 fully saturated rings. The van der Waals surface area contributed by atoms with E-state index in [9.17, 15) is 4.79 Å². The van der Waals surface area contributed by atoms with Gasteiger partial charge in [-0.2, -0.15) is 0 Å². The van der Waals surface area contributed by atoms with Crippen molar-refractivity contribution in [1.82, 2.24) is 0 Å². The van der Waals surface area contributed by atoms with Gasteiger partial charge in [0.15, 0.2) is 0 Å². The fourth-order valence-electron chi connectivity index (χ4n) is 2.42. The highest BCUT2D eigenvalue weighted by Gasteiger charge is 2.20. The summed E-state index contributed by atoms with van der Waals surface area (Å²) in [7, 11) is 3.66. The van der Waals surface area contributed by atoms with Crippen molar-refractivity contribution in [1.29, 1.82) is 0 Å². The Morgan fingerprint density at radius 2 is 2.00 bits per heavy atom. The minimum Gasteiger partial charge on any atom is -0.465 e. The molecule has 1 aromatic carbocycles. The number of methoxy groups -OCH3 is 1. The predicted molar refractivity (Wildman–Crippen MR) is 68.8 cm³/mol. The van der Waals surface area contributed by atoms with Gasteiger partial charge in [-0.3, -0.25) is 0 Å². The van der Waals surface area contributed by atoms with E-state index in [1.807, 2.05) is 12.1 Å². The Hall–Kier alpha value is -1.39. The molecule has 18 heavy (non-hydrogen) atoms. The van der Waals surface area contributed by atoms with Gasteiger partial charge >= 0.3 is 5.97 Å². The van der Waals surface area contributed by atoms with Crippen LogP contribution in [0.3, 0.4) is 0 Å². The number of nitrogens with one attached hydrogen (secondary N) is 2. The lowest BCUT2D eigenvalue weighted by Crippen LogP contribution is -3.26. The molecule has 1 aliphatic rings. The molecule has 0 bridgehead atoms. The number of hydrogen-bond donors (Lipinski definition) is 2. The molecule has 0 spiro atoms. The molecule has 1 heterocycles. The quantitative estimate of drug-likeness (QED) is 0.633. The van der Waals surface area contributed by atoms with Crippen molar-refractivity contribution in [2.45, 2.75) is 6.54 Å². The van der Waals surface area contributed by atoms with Crippen LogP contribution in [0.1, 0.15) is 15.9 Å². The molecule has 0 aromatic heterocycles. The van der Waals surface area contributed by atoms with E-state index in [0.717, 1.165) is 6.54 Å². The SMILES string of the molecule is COC(=O)c1cccc(C[NH+]2CC[NH+](C)CC2)c1. The first-order valence-electron chi connectivity index (χ1n) is 6.51. The summed E-state index contributed by atoms with van der Waals surface area (Å²) in [5.41, 5.74) is 1.86. The summed E-state index contributed by atoms with van der Waals surface area (Å²) in [4.78, 5) is 14.7. The van der Waals surface area contributed by atoms with Gasteiger partial charge in [-0.05, 0) is 12.1 Å². The maximum absolute atomic E-state index is 11.5. The Bertz CT molecular complexity index is 412. The minimum absolute atomic E-state index is 0.255. The largest absolute Gasteiger partial charge is 0.465 e. The summed E-state index contributed by atoms with van der Waals surface area (Å²) < 4.78 is 4.75. The normalized spacial score (nSPS) is 23.7. The van der Waals surface area contributed by atoms with Crippen LogP contribution < -0.4 is 9.80 Å². The van der Waals surface area contributed by atoms with E-state index in [1.54, 1.807) is 15.9 Å². The van der Waals surface area contributed by atoms with Gasteiger partial charge < -0.3 is 14.5 Å². The van der Waals surface area contributed by atoms with Gasteiger partial charge in [0.1, 0.15) is 32.7 Å². The monoisotopic (exact) mass is 250 g/mol. The molecule has 0 atom stereocenters. The van der Waals surface area contributed by atoms with Crippen LogP contribution in [-0.2, 0) is 11.3 Å². The summed E-state index contributed by atoms with van der Waals surface area (Å²) in [6.45, 7) is 5.86. The first-order valence-corrected chi connectivity index (χ1v) is 6.51. The van der Waals surface area contributed by atoms with Crippen LogP contribution in [-0.4, -0.2) is 46.3 Å². The van der Waals surface area contributed by atoms with Gasteiger partial charge in [0.05, 0.1) is 19.7 Å². The molecule has 98 valence electrons. The van der Waals surface area contributed by atoms with Gasteiger partial charge in [0.25, 0.3) is 0 Å². The lowest BCUT2D eigenvalue weighted by molar-refractivity contribution is -1.01. The van der Waals surface area contributed by atoms with Crippen LogP contribution in [0, 0.1) is 0 Å². The first kappa shape index (κ1) is 13.1. The highest BCUT2D eigenvalue weighted by atomic mass is 16.5. The van der Waals surface area contributed by atoms with E-state index < -0.39 is 0 Å². The fraction of sp³-hybridized carbons (Fsp3) is 0.500. The van der Waals surface area contributed by atoms with E-state index in [0.29, 0.717) is 5.56 Å². The number of benzene rings is 1. The van der Waals surface area contributed by atoms with Crippen LogP contribution in [0.15, 0.2) is 24.3 Å². The van der Waals surface area contributed by atoms with Crippen LogP contribution in [0.25, 0.3) is 0 Å². The maximum Gasteiger partial charge on any atom is 0.337 e. The molecule has 0 saturated carbocycles. The smallest absolute Gasteiger partial charge is 0.337 e. The zero-order valence-electron chi connectivity index (χ0n) is 11.2. The molecule has 0 unspecified atom stereocenters. The molecule has 4 heteroatoms. The molecule has 2 rings (SSSR count). The zero-order chi connectivity index (χ0) is 13.0. The van der Waals surface area contributed by atoms with Gasteiger partial charge in [0, 0.05) is 5.56 Å². The molecule has 1 aromatic rings. The molecular weight excluding hydrogens is 228 g/mol. The Morgan fingerprint density at radius 1 is 1.28 bits per heavy atom. The van der Waals surface area contributed by atoms with Crippen molar-refractivity contribution in [3.05, 3.63) is 35.4 Å². The van der Waals surface area contributed by atoms with Crippen molar-refractivity contribution in [2.75, 3.05) is 40.3 Å². The number of likely N-dealkylation sites (N-methyl/N-ethyl adjacent to an activating group) is 1. The summed E-state index contributed by atoms with van der Waals surface area (Å²) in [6, 6.07) is 7.77. The van der Waals surface area contributed by atoms with E-state index in [-0.39, 0.29) is 5.97 Å². The van der Waals surface area contributed by atoms with Gasteiger partial charge in [-0.25, -0.2) is 4.79 Å². The summed E-state index contributed by atoms with van der Waals surface area (Å²) in [5, 5.41) is 0. The van der Waals surface area contributed by atoms with Crippen molar-refractivity contribution < 1.29 is 19.3 Å². The van der Waals surface area contributed by atoms with E-state index in [4.69, 9.17) is 4.74 Å². The molecule has 0 aliphatic carbocycles. The summed E-state index contributed by atoms with van der Waals surface area (Å²) in [5.74, 6) is -0.255. The number of piperazine rings is 1. The van der Waals surface area contributed by atoms with Gasteiger partial charge in [-0.15, -0.1) is 0 Å². The molecule has 1 saturated heterocycles. The standard InChI is InChI=1S/C14H20N2O2/c1-15-6-8-16(9-7-15)11-12-4-3-5-13(10-12)14(17)18-2/h3-5,10H,6-9,11H2,1-2H3/p+2. The molecular formula is C14H22N2O2+2. The number of hydrogen-bond acceptors (Lipinski definition) is 2. The third-order valence-corrected chi connectivity index (χ3v) is 3.61. The first-order chi connectivity index (χ1) is 8.69. The van der Waals surface area contributed by atoms with E-state index >= 15 is 0 Å². The number of quaternary nitrogens is 2. The number of esters is 1. The zero-order valence-corrected chi connectivity index (χ0v) is 11.2. The predicted octanol–water partition coefficient (Wildman–Crippen LogP) is -1.61. The van der Waals surface area contributed by atoms with Crippen molar-refractivity contribution in [2.24, 2.45) is 0 Å². The number of carbonyl (C=O) groups excluding carboxylic acids is 1. The lowest BCUT2D eigenvalue weighted by Gasteiger charge is -2.27. The molecule has 0 amide bonds. The Morgan fingerprint density at radius 3 is 2.67 bits per heavy atom. The lowest BCUT2D eigenvalue weighted by atomic mass is 10.1. The average Bonchev–Trinajstić information content (AvgIpc) is 2.41. The van der Waals surface area contributed by atoms with E-state index in [2.05, 4.69) is 13.1 Å². The van der Waals surface area contributed by atoms with Crippen LogP contribution >= 0.6 is 0 Å². The Labute approximate surface area is 108 Å². The second-order valence-corrected chi connectivity index (χ2v) is 5.08. The van der Waals surface area contributed by atoms with Crippen molar-refractivity contribution >= 4 is 5.97 Å². The third kappa shape index (κ3) is 3.31. The second kappa shape index (κ2) is 5.98. The fourth-order valence-corrected chi connectivity index (χ4v) is 2.42. The maximum atomic E-state index is 11.5.